The van der Waals surface area contributed by atoms with E-state index in [2.05, 4.69) is 15.3 Å². The standard InChI is InChI=1S/C10H15N5O2S/c1-2-9-13-7-10(14-9)18(16,17)15-4-3-12-6-8(15)5-11/h7-8,12H,2-4,6H2,1H3,(H,13,14). The van der Waals surface area contributed by atoms with Crippen LogP contribution in [0.4, 0.5) is 0 Å². The largest absolute Gasteiger partial charge is 0.332 e. The molecule has 8 heteroatoms. The number of aromatic amines is 1. The second-order valence-corrected chi connectivity index (χ2v) is 5.87. The lowest BCUT2D eigenvalue weighted by molar-refractivity contribution is 0.311. The van der Waals surface area contributed by atoms with E-state index in [9.17, 15) is 8.42 Å². The first kappa shape index (κ1) is 13.0. The van der Waals surface area contributed by atoms with Crippen LogP contribution in [0.2, 0.25) is 0 Å². The van der Waals surface area contributed by atoms with Gasteiger partial charge in [0.1, 0.15) is 11.9 Å². The number of hydrogen-bond acceptors (Lipinski definition) is 5. The third kappa shape index (κ3) is 2.25. The van der Waals surface area contributed by atoms with Crippen molar-refractivity contribution in [2.24, 2.45) is 0 Å². The monoisotopic (exact) mass is 269 g/mol. The van der Waals surface area contributed by atoms with Crippen LogP contribution in [-0.2, 0) is 16.4 Å². The number of aryl methyl sites for hydroxylation is 1. The van der Waals surface area contributed by atoms with E-state index in [1.54, 1.807) is 0 Å². The molecule has 1 saturated heterocycles. The Kier molecular flexibility index (Phi) is 3.65. The first-order valence-corrected chi connectivity index (χ1v) is 7.19. The van der Waals surface area contributed by atoms with Gasteiger partial charge in [-0.05, 0) is 0 Å². The molecule has 18 heavy (non-hydrogen) atoms. The summed E-state index contributed by atoms with van der Waals surface area (Å²) < 4.78 is 25.9. The zero-order chi connectivity index (χ0) is 13.2. The predicted molar refractivity (Wildman–Crippen MR) is 64.1 cm³/mol. The van der Waals surface area contributed by atoms with E-state index in [0.717, 1.165) is 0 Å². The van der Waals surface area contributed by atoms with Gasteiger partial charge in [-0.3, -0.25) is 0 Å². The summed E-state index contributed by atoms with van der Waals surface area (Å²) in [5, 5.41) is 12.1. The van der Waals surface area contributed by atoms with Crippen molar-refractivity contribution in [2.45, 2.75) is 24.4 Å². The van der Waals surface area contributed by atoms with Gasteiger partial charge in [0, 0.05) is 26.1 Å². The molecule has 1 aliphatic rings. The average Bonchev–Trinajstić information content (AvgIpc) is 2.88. The number of imidazole rings is 1. The SMILES string of the molecule is CCc1ncc(S(=O)(=O)N2CCNCC2C#N)[nH]1. The van der Waals surface area contributed by atoms with Gasteiger partial charge >= 0.3 is 0 Å². The number of nitriles is 1. The van der Waals surface area contributed by atoms with Gasteiger partial charge in [0.05, 0.1) is 12.3 Å². The maximum absolute atomic E-state index is 12.4. The molecule has 1 unspecified atom stereocenters. The highest BCUT2D eigenvalue weighted by atomic mass is 32.2. The summed E-state index contributed by atoms with van der Waals surface area (Å²) in [4.78, 5) is 6.76. The zero-order valence-electron chi connectivity index (χ0n) is 10.0. The molecular weight excluding hydrogens is 254 g/mol. The van der Waals surface area contributed by atoms with Crippen LogP contribution in [0.1, 0.15) is 12.7 Å². The molecule has 2 N–H and O–H groups in total. The van der Waals surface area contributed by atoms with Gasteiger partial charge in [-0.15, -0.1) is 0 Å². The number of piperazine rings is 1. The highest BCUT2D eigenvalue weighted by Crippen LogP contribution is 2.17. The van der Waals surface area contributed by atoms with Gasteiger partial charge in [-0.2, -0.15) is 9.57 Å². The van der Waals surface area contributed by atoms with Crippen molar-refractivity contribution >= 4 is 10.0 Å². The Balaban J connectivity index is 2.32. The van der Waals surface area contributed by atoms with Gasteiger partial charge in [0.2, 0.25) is 0 Å². The molecule has 0 aliphatic carbocycles. The first-order valence-electron chi connectivity index (χ1n) is 5.75. The Bertz CT molecular complexity index is 559. The van der Waals surface area contributed by atoms with E-state index < -0.39 is 16.1 Å². The minimum atomic E-state index is -3.66. The summed E-state index contributed by atoms with van der Waals surface area (Å²) >= 11 is 0. The topological polar surface area (TPSA) is 102 Å². The number of hydrogen-bond donors (Lipinski definition) is 2. The van der Waals surface area contributed by atoms with E-state index in [0.29, 0.717) is 31.9 Å². The second kappa shape index (κ2) is 5.06. The van der Waals surface area contributed by atoms with E-state index in [4.69, 9.17) is 5.26 Å². The first-order chi connectivity index (χ1) is 8.59. The fraction of sp³-hybridized carbons (Fsp3) is 0.600. The molecule has 0 bridgehead atoms. The molecule has 2 heterocycles. The van der Waals surface area contributed by atoms with Crippen LogP contribution in [0.25, 0.3) is 0 Å². The van der Waals surface area contributed by atoms with Gasteiger partial charge in [0.15, 0.2) is 5.03 Å². The van der Waals surface area contributed by atoms with Crippen LogP contribution in [0.5, 0.6) is 0 Å². The van der Waals surface area contributed by atoms with Crippen molar-refractivity contribution in [2.75, 3.05) is 19.6 Å². The number of nitrogens with one attached hydrogen (secondary N) is 2. The van der Waals surface area contributed by atoms with Crippen LogP contribution in [0.15, 0.2) is 11.2 Å². The lowest BCUT2D eigenvalue weighted by atomic mass is 10.3. The minimum absolute atomic E-state index is 0.0569. The van der Waals surface area contributed by atoms with Crippen molar-refractivity contribution in [3.05, 3.63) is 12.0 Å². The predicted octanol–water partition coefficient (Wildman–Crippen LogP) is -0.542. The van der Waals surface area contributed by atoms with E-state index >= 15 is 0 Å². The van der Waals surface area contributed by atoms with Crippen LogP contribution in [0, 0.1) is 11.3 Å². The Hall–Kier alpha value is -1.43. The Morgan fingerprint density at radius 1 is 1.67 bits per heavy atom. The second-order valence-electron chi connectivity index (χ2n) is 4.01. The molecule has 0 amide bonds. The van der Waals surface area contributed by atoms with Crippen molar-refractivity contribution in [3.8, 4) is 6.07 Å². The maximum Gasteiger partial charge on any atom is 0.261 e. The number of rotatable bonds is 3. The van der Waals surface area contributed by atoms with Gasteiger partial charge in [-0.25, -0.2) is 13.4 Å². The molecule has 1 aromatic rings. The third-order valence-corrected chi connectivity index (χ3v) is 4.69. The lowest BCUT2D eigenvalue weighted by Crippen LogP contribution is -2.52. The Morgan fingerprint density at radius 2 is 2.44 bits per heavy atom. The number of aromatic nitrogens is 2. The van der Waals surface area contributed by atoms with Crippen LogP contribution in [-0.4, -0.2) is 48.4 Å². The highest BCUT2D eigenvalue weighted by molar-refractivity contribution is 7.89. The molecule has 0 radical (unpaired) electrons. The smallest absolute Gasteiger partial charge is 0.261 e. The molecule has 1 fully saturated rings. The molecule has 2 rings (SSSR count). The lowest BCUT2D eigenvalue weighted by Gasteiger charge is -2.30. The van der Waals surface area contributed by atoms with E-state index in [1.807, 2.05) is 13.0 Å². The summed E-state index contributed by atoms with van der Waals surface area (Å²) in [5.74, 6) is 0.622. The molecule has 7 nitrogen and oxygen atoms in total. The molecule has 98 valence electrons. The fourth-order valence-corrected chi connectivity index (χ4v) is 3.34. The van der Waals surface area contributed by atoms with Crippen molar-refractivity contribution in [3.63, 3.8) is 0 Å². The van der Waals surface area contributed by atoms with Gasteiger partial charge in [0.25, 0.3) is 10.0 Å². The Morgan fingerprint density at radius 3 is 3.06 bits per heavy atom. The molecule has 1 aromatic heterocycles. The Labute approximate surface area is 106 Å². The van der Waals surface area contributed by atoms with Crippen molar-refractivity contribution < 1.29 is 8.42 Å². The molecule has 0 aromatic carbocycles. The molecule has 1 aliphatic heterocycles. The summed E-state index contributed by atoms with van der Waals surface area (Å²) in [6.45, 7) is 3.08. The highest BCUT2D eigenvalue weighted by Gasteiger charge is 2.34. The molecule has 0 spiro atoms. The maximum atomic E-state index is 12.4. The quantitative estimate of drug-likeness (QED) is 0.767. The zero-order valence-corrected chi connectivity index (χ0v) is 10.9. The number of H-pyrrole nitrogens is 1. The summed E-state index contributed by atoms with van der Waals surface area (Å²) in [7, 11) is -3.66. The van der Waals surface area contributed by atoms with Crippen molar-refractivity contribution in [1.29, 1.82) is 5.26 Å². The number of nitrogens with zero attached hydrogens (tertiary/aromatic N) is 3. The molecular formula is C10H15N5O2S. The van der Waals surface area contributed by atoms with Crippen LogP contribution < -0.4 is 5.32 Å². The average molecular weight is 269 g/mol. The van der Waals surface area contributed by atoms with Crippen molar-refractivity contribution in [1.82, 2.24) is 19.6 Å². The third-order valence-electron chi connectivity index (χ3n) is 2.87. The summed E-state index contributed by atoms with van der Waals surface area (Å²) in [5.41, 5.74) is 0. The molecule has 0 saturated carbocycles. The van der Waals surface area contributed by atoms with Crippen LogP contribution in [0.3, 0.4) is 0 Å². The minimum Gasteiger partial charge on any atom is -0.332 e. The molecule has 1 atom stereocenters. The van der Waals surface area contributed by atoms with E-state index in [-0.39, 0.29) is 5.03 Å². The van der Waals surface area contributed by atoms with Gasteiger partial charge in [-0.1, -0.05) is 6.92 Å². The fourth-order valence-electron chi connectivity index (χ4n) is 1.86. The summed E-state index contributed by atoms with van der Waals surface area (Å²) in [6, 6.07) is 1.33. The van der Waals surface area contributed by atoms with Gasteiger partial charge < -0.3 is 10.3 Å². The normalized spacial score (nSPS) is 21.7. The van der Waals surface area contributed by atoms with E-state index in [1.165, 1.54) is 10.5 Å². The van der Waals surface area contributed by atoms with Crippen LogP contribution >= 0.6 is 0 Å². The summed E-state index contributed by atoms with van der Waals surface area (Å²) in [6.07, 6.45) is 1.95. The number of sulfonamides is 1.